The number of hydrogen-bond donors (Lipinski definition) is 0. The SMILES string of the molecule is CCOC(=O)C(OC(=O)c1ccco1)c1cccc(Cl)c1. The molecule has 21 heavy (non-hydrogen) atoms. The summed E-state index contributed by atoms with van der Waals surface area (Å²) in [6, 6.07) is 9.48. The van der Waals surface area contributed by atoms with Crippen molar-refractivity contribution >= 4 is 23.5 Å². The van der Waals surface area contributed by atoms with Gasteiger partial charge in [-0.1, -0.05) is 23.7 Å². The molecule has 0 bridgehead atoms. The van der Waals surface area contributed by atoms with Gasteiger partial charge in [0.15, 0.2) is 0 Å². The van der Waals surface area contributed by atoms with Crippen LogP contribution in [0.25, 0.3) is 0 Å². The lowest BCUT2D eigenvalue weighted by Gasteiger charge is -2.16. The number of esters is 2. The Morgan fingerprint density at radius 1 is 1.29 bits per heavy atom. The molecule has 0 fully saturated rings. The maximum absolute atomic E-state index is 12.0. The summed E-state index contributed by atoms with van der Waals surface area (Å²) in [7, 11) is 0. The molecule has 0 aliphatic heterocycles. The Morgan fingerprint density at radius 2 is 2.10 bits per heavy atom. The van der Waals surface area contributed by atoms with E-state index in [-0.39, 0.29) is 12.4 Å². The summed E-state index contributed by atoms with van der Waals surface area (Å²) in [5.41, 5.74) is 0.431. The van der Waals surface area contributed by atoms with Crippen LogP contribution in [0, 0.1) is 0 Å². The van der Waals surface area contributed by atoms with Crippen LogP contribution >= 0.6 is 11.6 Å². The standard InChI is InChI=1S/C15H13ClO5/c1-2-19-15(18)13(10-5-3-6-11(16)9-10)21-14(17)12-7-4-8-20-12/h3-9,13H,2H2,1H3. The zero-order valence-electron chi connectivity index (χ0n) is 11.2. The normalized spacial score (nSPS) is 11.7. The summed E-state index contributed by atoms with van der Waals surface area (Å²) in [6.45, 7) is 1.84. The van der Waals surface area contributed by atoms with E-state index in [2.05, 4.69) is 0 Å². The molecule has 0 aliphatic carbocycles. The predicted molar refractivity (Wildman–Crippen MR) is 74.9 cm³/mol. The molecule has 6 heteroatoms. The lowest BCUT2D eigenvalue weighted by Crippen LogP contribution is -2.22. The zero-order valence-corrected chi connectivity index (χ0v) is 12.0. The highest BCUT2D eigenvalue weighted by atomic mass is 35.5. The lowest BCUT2D eigenvalue weighted by molar-refractivity contribution is -0.154. The van der Waals surface area contributed by atoms with E-state index in [9.17, 15) is 9.59 Å². The van der Waals surface area contributed by atoms with E-state index in [1.807, 2.05) is 0 Å². The lowest BCUT2D eigenvalue weighted by atomic mass is 10.1. The van der Waals surface area contributed by atoms with E-state index in [4.69, 9.17) is 25.5 Å². The van der Waals surface area contributed by atoms with Gasteiger partial charge in [-0.05, 0) is 31.2 Å². The van der Waals surface area contributed by atoms with Gasteiger partial charge in [-0.3, -0.25) is 0 Å². The highest BCUT2D eigenvalue weighted by Gasteiger charge is 2.28. The van der Waals surface area contributed by atoms with Gasteiger partial charge in [0.25, 0.3) is 0 Å². The molecule has 0 N–H and O–H groups in total. The third kappa shape index (κ3) is 3.86. The van der Waals surface area contributed by atoms with E-state index in [0.717, 1.165) is 0 Å². The summed E-state index contributed by atoms with van der Waals surface area (Å²) in [4.78, 5) is 23.9. The molecule has 2 rings (SSSR count). The van der Waals surface area contributed by atoms with Crippen molar-refractivity contribution in [3.05, 3.63) is 59.0 Å². The van der Waals surface area contributed by atoms with Gasteiger partial charge >= 0.3 is 11.9 Å². The van der Waals surface area contributed by atoms with Gasteiger partial charge in [0.2, 0.25) is 11.9 Å². The van der Waals surface area contributed by atoms with E-state index < -0.39 is 18.0 Å². The van der Waals surface area contributed by atoms with Crippen molar-refractivity contribution in [1.82, 2.24) is 0 Å². The molecule has 0 spiro atoms. The number of benzene rings is 1. The van der Waals surface area contributed by atoms with E-state index >= 15 is 0 Å². The Morgan fingerprint density at radius 3 is 2.71 bits per heavy atom. The second-order valence-corrected chi connectivity index (χ2v) is 4.51. The van der Waals surface area contributed by atoms with Crippen LogP contribution in [0.1, 0.15) is 29.1 Å². The number of halogens is 1. The first-order chi connectivity index (χ1) is 10.1. The summed E-state index contributed by atoms with van der Waals surface area (Å²) >= 11 is 5.90. The number of rotatable bonds is 5. The predicted octanol–water partition coefficient (Wildman–Crippen LogP) is 3.39. The van der Waals surface area contributed by atoms with Crippen LogP contribution in [0.5, 0.6) is 0 Å². The molecule has 1 aromatic carbocycles. The van der Waals surface area contributed by atoms with Crippen molar-refractivity contribution in [1.29, 1.82) is 0 Å². The van der Waals surface area contributed by atoms with Crippen molar-refractivity contribution in [3.63, 3.8) is 0 Å². The van der Waals surface area contributed by atoms with E-state index in [1.165, 1.54) is 12.3 Å². The average molecular weight is 309 g/mol. The molecule has 0 aliphatic rings. The quantitative estimate of drug-likeness (QED) is 0.792. The molecule has 110 valence electrons. The Labute approximate surface area is 126 Å². The first-order valence-corrected chi connectivity index (χ1v) is 6.66. The highest BCUT2D eigenvalue weighted by molar-refractivity contribution is 6.30. The van der Waals surface area contributed by atoms with Crippen molar-refractivity contribution in [2.75, 3.05) is 6.61 Å². The molecule has 0 saturated heterocycles. The smallest absolute Gasteiger partial charge is 0.375 e. The van der Waals surface area contributed by atoms with Gasteiger partial charge in [0.05, 0.1) is 12.9 Å². The van der Waals surface area contributed by atoms with Crippen LogP contribution in [0.2, 0.25) is 5.02 Å². The largest absolute Gasteiger partial charge is 0.463 e. The second kappa shape index (κ2) is 6.95. The molecule has 5 nitrogen and oxygen atoms in total. The number of furan rings is 1. The molecular weight excluding hydrogens is 296 g/mol. The first kappa shape index (κ1) is 15.1. The van der Waals surface area contributed by atoms with Gasteiger partial charge in [-0.2, -0.15) is 0 Å². The van der Waals surface area contributed by atoms with Crippen LogP contribution in [0.3, 0.4) is 0 Å². The third-order valence-corrected chi connectivity index (χ3v) is 2.83. The minimum Gasteiger partial charge on any atom is -0.463 e. The number of ether oxygens (including phenoxy) is 2. The van der Waals surface area contributed by atoms with E-state index in [1.54, 1.807) is 37.3 Å². The van der Waals surface area contributed by atoms with Gasteiger partial charge in [-0.15, -0.1) is 0 Å². The van der Waals surface area contributed by atoms with Crippen molar-refractivity contribution in [2.45, 2.75) is 13.0 Å². The van der Waals surface area contributed by atoms with E-state index in [0.29, 0.717) is 10.6 Å². The first-order valence-electron chi connectivity index (χ1n) is 6.28. The maximum Gasteiger partial charge on any atom is 0.375 e. The summed E-state index contributed by atoms with van der Waals surface area (Å²) < 4.78 is 15.1. The fraction of sp³-hybridized carbons (Fsp3) is 0.200. The second-order valence-electron chi connectivity index (χ2n) is 4.07. The minimum absolute atomic E-state index is 0.00586. The zero-order chi connectivity index (χ0) is 15.2. The molecule has 1 heterocycles. The summed E-state index contributed by atoms with van der Waals surface area (Å²) in [6.07, 6.45) is 0.149. The van der Waals surface area contributed by atoms with Crippen LogP contribution in [0.4, 0.5) is 0 Å². The van der Waals surface area contributed by atoms with Gasteiger partial charge in [-0.25, -0.2) is 9.59 Å². The van der Waals surface area contributed by atoms with Gasteiger partial charge in [0.1, 0.15) is 0 Å². The topological polar surface area (TPSA) is 65.7 Å². The Balaban J connectivity index is 2.24. The average Bonchev–Trinajstić information content (AvgIpc) is 2.99. The molecule has 0 amide bonds. The van der Waals surface area contributed by atoms with Crippen LogP contribution < -0.4 is 0 Å². The maximum atomic E-state index is 12.0. The summed E-state index contributed by atoms with van der Waals surface area (Å²) in [5, 5.41) is 0.427. The Kier molecular flexibility index (Phi) is 5.00. The molecule has 1 unspecified atom stereocenters. The fourth-order valence-corrected chi connectivity index (χ4v) is 1.90. The van der Waals surface area contributed by atoms with Crippen LogP contribution in [-0.2, 0) is 14.3 Å². The molecule has 2 aromatic rings. The molecule has 0 radical (unpaired) electrons. The molecule has 0 saturated carbocycles. The van der Waals surface area contributed by atoms with Crippen LogP contribution in [-0.4, -0.2) is 18.5 Å². The van der Waals surface area contributed by atoms with Crippen molar-refractivity contribution in [3.8, 4) is 0 Å². The molecular formula is C15H13ClO5. The Bertz CT molecular complexity index is 621. The molecule has 1 atom stereocenters. The fourth-order valence-electron chi connectivity index (χ4n) is 1.70. The number of carbonyl (C=O) groups excluding carboxylic acids is 2. The number of carbonyl (C=O) groups is 2. The highest BCUT2D eigenvalue weighted by Crippen LogP contribution is 2.24. The Hall–Kier alpha value is -2.27. The van der Waals surface area contributed by atoms with Crippen molar-refractivity contribution < 1.29 is 23.5 Å². The summed E-state index contributed by atoms with van der Waals surface area (Å²) in [5.74, 6) is -1.41. The minimum atomic E-state index is -1.19. The molecule has 1 aromatic heterocycles. The third-order valence-electron chi connectivity index (χ3n) is 2.60. The van der Waals surface area contributed by atoms with Crippen LogP contribution in [0.15, 0.2) is 47.1 Å². The van der Waals surface area contributed by atoms with Gasteiger partial charge < -0.3 is 13.9 Å². The van der Waals surface area contributed by atoms with Crippen molar-refractivity contribution in [2.24, 2.45) is 0 Å². The van der Waals surface area contributed by atoms with Gasteiger partial charge in [0, 0.05) is 10.6 Å². The number of hydrogen-bond acceptors (Lipinski definition) is 5. The monoisotopic (exact) mass is 308 g/mol.